The average Bonchev–Trinajstić information content (AvgIpc) is 2.97. The largest absolute Gasteiger partial charge is 0.184 e. The summed E-state index contributed by atoms with van der Waals surface area (Å²) in [7, 11) is 0. The van der Waals surface area contributed by atoms with E-state index in [-0.39, 0.29) is 0 Å². The third kappa shape index (κ3) is 2.69. The highest BCUT2D eigenvalue weighted by atomic mass is 14.2. The molecule has 0 amide bonds. The van der Waals surface area contributed by atoms with Crippen LogP contribution in [0.15, 0.2) is 103 Å². The van der Waals surface area contributed by atoms with Gasteiger partial charge in [-0.05, 0) is 56.4 Å². The minimum Gasteiger partial charge on any atom is -0.0794 e. The predicted molar refractivity (Wildman–Crippen MR) is 126 cm³/mol. The second kappa shape index (κ2) is 6.63. The molecular formula is C28H21B. The molecule has 6 rings (SSSR count). The van der Waals surface area contributed by atoms with Crippen molar-refractivity contribution in [2.75, 3.05) is 0 Å². The van der Waals surface area contributed by atoms with E-state index in [1.807, 2.05) is 0 Å². The van der Waals surface area contributed by atoms with E-state index in [4.69, 9.17) is 0 Å². The molecule has 1 aliphatic heterocycles. The Bertz CT molecular complexity index is 1260. The molecule has 0 saturated heterocycles. The van der Waals surface area contributed by atoms with E-state index in [0.717, 1.165) is 12.6 Å². The van der Waals surface area contributed by atoms with Gasteiger partial charge >= 0.3 is 0 Å². The van der Waals surface area contributed by atoms with Gasteiger partial charge in [0, 0.05) is 0 Å². The number of fused-ring (bicyclic) bond motifs is 7. The van der Waals surface area contributed by atoms with Crippen LogP contribution in [0.1, 0.15) is 11.1 Å². The molecule has 0 N–H and O–H groups in total. The maximum Gasteiger partial charge on any atom is 0.184 e. The third-order valence-corrected chi connectivity index (χ3v) is 6.48. The molecule has 1 heteroatoms. The molecule has 0 radical (unpaired) electrons. The molecule has 0 fully saturated rings. The monoisotopic (exact) mass is 368 g/mol. The van der Waals surface area contributed by atoms with Crippen LogP contribution >= 0.6 is 0 Å². The molecule has 0 nitrogen and oxygen atoms in total. The van der Waals surface area contributed by atoms with Crippen LogP contribution in [0.2, 0.25) is 0 Å². The van der Waals surface area contributed by atoms with Crippen molar-refractivity contribution in [3.63, 3.8) is 0 Å². The Morgan fingerprint density at radius 3 is 1.48 bits per heavy atom. The highest BCUT2D eigenvalue weighted by molar-refractivity contribution is 6.72. The molecule has 0 aromatic heterocycles. The van der Waals surface area contributed by atoms with E-state index >= 15 is 0 Å². The summed E-state index contributed by atoms with van der Waals surface area (Å²) in [5, 5.41) is 5.39. The minimum absolute atomic E-state index is 0.499. The fourth-order valence-corrected chi connectivity index (χ4v) is 5.13. The van der Waals surface area contributed by atoms with Gasteiger partial charge in [0.2, 0.25) is 0 Å². The molecule has 1 aliphatic rings. The van der Waals surface area contributed by atoms with Crippen molar-refractivity contribution >= 4 is 33.7 Å². The summed E-state index contributed by atoms with van der Waals surface area (Å²) in [5.41, 5.74) is 7.24. The molecule has 0 atom stereocenters. The van der Waals surface area contributed by atoms with Gasteiger partial charge < -0.3 is 0 Å². The van der Waals surface area contributed by atoms with E-state index in [1.54, 1.807) is 0 Å². The van der Waals surface area contributed by atoms with Crippen LogP contribution in [0, 0.1) is 0 Å². The van der Waals surface area contributed by atoms with Gasteiger partial charge in [-0.15, -0.1) is 0 Å². The molecule has 0 unspecified atom stereocenters. The maximum atomic E-state index is 2.37. The molecule has 1 heterocycles. The first-order valence-corrected chi connectivity index (χ1v) is 10.4. The summed E-state index contributed by atoms with van der Waals surface area (Å²) in [4.78, 5) is 0. The maximum absolute atomic E-state index is 2.37. The zero-order valence-electron chi connectivity index (χ0n) is 16.3. The minimum atomic E-state index is 0.499. The van der Waals surface area contributed by atoms with Gasteiger partial charge in [0.05, 0.1) is 0 Å². The summed E-state index contributed by atoms with van der Waals surface area (Å²) in [6.45, 7) is 0.499. The van der Waals surface area contributed by atoms with Crippen LogP contribution in [0.25, 0.3) is 32.7 Å². The molecule has 136 valence electrons. The second-order valence-corrected chi connectivity index (χ2v) is 8.16. The Balaban J connectivity index is 1.72. The lowest BCUT2D eigenvalue weighted by Gasteiger charge is -2.16. The van der Waals surface area contributed by atoms with E-state index in [9.17, 15) is 0 Å². The van der Waals surface area contributed by atoms with Crippen molar-refractivity contribution in [2.45, 2.75) is 12.6 Å². The van der Waals surface area contributed by atoms with E-state index in [0.29, 0.717) is 6.71 Å². The van der Waals surface area contributed by atoms with E-state index < -0.39 is 0 Å². The summed E-state index contributed by atoms with van der Waals surface area (Å²) in [5.74, 6) is 0. The number of rotatable bonds is 1. The first-order chi connectivity index (χ1) is 14.4. The van der Waals surface area contributed by atoms with Gasteiger partial charge in [0.25, 0.3) is 0 Å². The summed E-state index contributed by atoms with van der Waals surface area (Å²) < 4.78 is 0. The summed E-state index contributed by atoms with van der Waals surface area (Å²) in [6.07, 6.45) is 2.15. The highest BCUT2D eigenvalue weighted by Crippen LogP contribution is 2.41. The average molecular weight is 368 g/mol. The standard InChI is InChI=1S/C28H21B/c1-2-10-24(11-3-1)29-18-22-16-14-20-8-4-6-12-25(20)27(22)28-23(19-29)17-15-21-9-5-7-13-26(21)28/h1-17H,18-19H2. The van der Waals surface area contributed by atoms with E-state index in [2.05, 4.69) is 103 Å². The van der Waals surface area contributed by atoms with Crippen LogP contribution in [0.5, 0.6) is 0 Å². The van der Waals surface area contributed by atoms with Crippen molar-refractivity contribution in [3.8, 4) is 11.1 Å². The number of benzene rings is 5. The van der Waals surface area contributed by atoms with Gasteiger partial charge in [-0.3, -0.25) is 0 Å². The lowest BCUT2D eigenvalue weighted by atomic mass is 9.39. The number of hydrogen-bond donors (Lipinski definition) is 0. The fraction of sp³-hybridized carbons (Fsp3) is 0.0714. The van der Waals surface area contributed by atoms with Crippen LogP contribution in [0.3, 0.4) is 0 Å². The van der Waals surface area contributed by atoms with Gasteiger partial charge in [-0.1, -0.05) is 109 Å². The van der Waals surface area contributed by atoms with Gasteiger partial charge in [-0.25, -0.2) is 0 Å². The van der Waals surface area contributed by atoms with Crippen LogP contribution in [-0.4, -0.2) is 6.71 Å². The zero-order valence-corrected chi connectivity index (χ0v) is 16.3. The molecule has 0 aliphatic carbocycles. The second-order valence-electron chi connectivity index (χ2n) is 8.16. The Hall–Kier alpha value is -3.32. The van der Waals surface area contributed by atoms with Crippen molar-refractivity contribution in [2.24, 2.45) is 0 Å². The Labute approximate surface area is 171 Å². The summed E-state index contributed by atoms with van der Waals surface area (Å²) >= 11 is 0. The Kier molecular flexibility index (Phi) is 3.80. The van der Waals surface area contributed by atoms with Crippen LogP contribution in [0.4, 0.5) is 0 Å². The van der Waals surface area contributed by atoms with Crippen molar-refractivity contribution in [1.29, 1.82) is 0 Å². The lowest BCUT2D eigenvalue weighted by Crippen LogP contribution is -2.34. The Morgan fingerprint density at radius 1 is 0.448 bits per heavy atom. The smallest absolute Gasteiger partial charge is 0.0794 e. The normalized spacial score (nSPS) is 13.2. The van der Waals surface area contributed by atoms with Gasteiger partial charge in [0.1, 0.15) is 0 Å². The van der Waals surface area contributed by atoms with Crippen molar-refractivity contribution in [3.05, 3.63) is 114 Å². The molecule has 5 aromatic carbocycles. The number of hydrogen-bond acceptors (Lipinski definition) is 0. The molecule has 0 spiro atoms. The Morgan fingerprint density at radius 2 is 0.931 bits per heavy atom. The first-order valence-electron chi connectivity index (χ1n) is 10.4. The summed E-state index contributed by atoms with van der Waals surface area (Å²) in [6, 6.07) is 38.0. The lowest BCUT2D eigenvalue weighted by molar-refractivity contribution is 1.33. The highest BCUT2D eigenvalue weighted by Gasteiger charge is 2.27. The first kappa shape index (κ1) is 16.6. The fourth-order valence-electron chi connectivity index (χ4n) is 5.13. The van der Waals surface area contributed by atoms with Crippen LogP contribution < -0.4 is 5.46 Å². The molecular weight excluding hydrogens is 347 g/mol. The van der Waals surface area contributed by atoms with Crippen molar-refractivity contribution in [1.82, 2.24) is 0 Å². The quantitative estimate of drug-likeness (QED) is 0.307. The topological polar surface area (TPSA) is 0 Å². The molecule has 0 bridgehead atoms. The van der Waals surface area contributed by atoms with Gasteiger partial charge in [0.15, 0.2) is 6.71 Å². The molecule has 29 heavy (non-hydrogen) atoms. The SMILES string of the molecule is c1ccc(B2Cc3ccc4ccccc4c3-c3c(ccc4ccccc34)C2)cc1. The van der Waals surface area contributed by atoms with Crippen LogP contribution in [-0.2, 0) is 12.6 Å². The van der Waals surface area contributed by atoms with Gasteiger partial charge in [-0.2, -0.15) is 0 Å². The van der Waals surface area contributed by atoms with E-state index in [1.165, 1.54) is 49.3 Å². The predicted octanol–water partition coefficient (Wildman–Crippen LogP) is 6.24. The third-order valence-electron chi connectivity index (χ3n) is 6.48. The molecule has 0 saturated carbocycles. The molecule has 5 aromatic rings. The van der Waals surface area contributed by atoms with Crippen molar-refractivity contribution < 1.29 is 0 Å². The zero-order chi connectivity index (χ0) is 19.2.